The Bertz CT molecular complexity index is 405. The van der Waals surface area contributed by atoms with E-state index in [4.69, 9.17) is 4.74 Å². The van der Waals surface area contributed by atoms with E-state index in [-0.39, 0.29) is 0 Å². The van der Waals surface area contributed by atoms with Crippen LogP contribution in [0.5, 0.6) is 11.5 Å². The molecule has 0 atom stereocenters. The fourth-order valence-electron chi connectivity index (χ4n) is 2.31. The second kappa shape index (κ2) is 6.78. The van der Waals surface area contributed by atoms with Crippen LogP contribution < -0.4 is 10.1 Å². The molecule has 1 fully saturated rings. The molecule has 4 nitrogen and oxygen atoms in total. The molecule has 106 valence electrons. The number of phenolic OH excluding ortho intramolecular Hbond substituents is 1. The van der Waals surface area contributed by atoms with Crippen LogP contribution in [0.25, 0.3) is 0 Å². The van der Waals surface area contributed by atoms with Gasteiger partial charge >= 0.3 is 0 Å². The van der Waals surface area contributed by atoms with Gasteiger partial charge in [0.15, 0.2) is 0 Å². The summed E-state index contributed by atoms with van der Waals surface area (Å²) in [5, 5.41) is 13.2. The topological polar surface area (TPSA) is 44.7 Å². The van der Waals surface area contributed by atoms with Gasteiger partial charge in [0.25, 0.3) is 0 Å². The van der Waals surface area contributed by atoms with Gasteiger partial charge in [0.2, 0.25) is 0 Å². The number of ether oxygens (including phenoxy) is 1. The summed E-state index contributed by atoms with van der Waals surface area (Å²) in [5.74, 6) is 1.10. The van der Waals surface area contributed by atoms with Crippen LogP contribution in [0, 0.1) is 0 Å². The molecule has 19 heavy (non-hydrogen) atoms. The molecular formula is C15H24N2O2. The van der Waals surface area contributed by atoms with Gasteiger partial charge in [-0.1, -0.05) is 6.92 Å². The van der Waals surface area contributed by atoms with Gasteiger partial charge < -0.3 is 15.2 Å². The number of phenols is 1. The zero-order chi connectivity index (χ0) is 13.7. The Morgan fingerprint density at radius 3 is 2.84 bits per heavy atom. The maximum absolute atomic E-state index is 9.78. The quantitative estimate of drug-likeness (QED) is 0.705. The Morgan fingerprint density at radius 2 is 2.21 bits per heavy atom. The number of hydrogen-bond acceptors (Lipinski definition) is 4. The first-order chi connectivity index (χ1) is 9.24. The number of nitrogens with zero attached hydrogens (tertiary/aromatic N) is 1. The lowest BCUT2D eigenvalue weighted by Gasteiger charge is -2.19. The highest BCUT2D eigenvalue weighted by atomic mass is 16.5. The second-order valence-electron chi connectivity index (χ2n) is 5.03. The van der Waals surface area contributed by atoms with E-state index in [1.807, 2.05) is 6.07 Å². The minimum Gasteiger partial charge on any atom is -0.508 e. The van der Waals surface area contributed by atoms with Gasteiger partial charge in [-0.25, -0.2) is 0 Å². The van der Waals surface area contributed by atoms with Gasteiger partial charge in [-0.15, -0.1) is 0 Å². The van der Waals surface area contributed by atoms with E-state index >= 15 is 0 Å². The molecule has 1 aromatic carbocycles. The van der Waals surface area contributed by atoms with Gasteiger partial charge in [-0.3, -0.25) is 4.90 Å². The van der Waals surface area contributed by atoms with E-state index in [9.17, 15) is 5.11 Å². The van der Waals surface area contributed by atoms with Gasteiger partial charge in [-0.05, 0) is 37.6 Å². The lowest BCUT2D eigenvalue weighted by molar-refractivity contribution is 0.276. The zero-order valence-corrected chi connectivity index (χ0v) is 11.9. The normalized spacial score (nSPS) is 14.9. The van der Waals surface area contributed by atoms with Crippen molar-refractivity contribution in [3.8, 4) is 11.5 Å². The monoisotopic (exact) mass is 264 g/mol. The molecule has 1 aliphatic rings. The second-order valence-corrected chi connectivity index (χ2v) is 5.03. The van der Waals surface area contributed by atoms with Crippen molar-refractivity contribution in [2.75, 3.05) is 26.7 Å². The van der Waals surface area contributed by atoms with Crippen LogP contribution in [0.4, 0.5) is 0 Å². The molecule has 1 saturated carbocycles. The lowest BCUT2D eigenvalue weighted by atomic mass is 10.2. The first-order valence-electron chi connectivity index (χ1n) is 7.05. The average molecular weight is 264 g/mol. The third kappa shape index (κ3) is 4.11. The third-order valence-corrected chi connectivity index (χ3v) is 3.65. The largest absolute Gasteiger partial charge is 0.508 e. The average Bonchev–Trinajstić information content (AvgIpc) is 3.25. The number of hydrogen-bond donors (Lipinski definition) is 2. The summed E-state index contributed by atoms with van der Waals surface area (Å²) in [4.78, 5) is 2.51. The number of aromatic hydroxyl groups is 1. The van der Waals surface area contributed by atoms with Gasteiger partial charge in [0.1, 0.15) is 11.5 Å². The fraction of sp³-hybridized carbons (Fsp3) is 0.600. The zero-order valence-electron chi connectivity index (χ0n) is 11.9. The van der Waals surface area contributed by atoms with Crippen molar-refractivity contribution in [3.05, 3.63) is 23.8 Å². The van der Waals surface area contributed by atoms with Crippen molar-refractivity contribution in [1.82, 2.24) is 10.2 Å². The highest BCUT2D eigenvalue weighted by Gasteiger charge is 2.26. The van der Waals surface area contributed by atoms with Gasteiger partial charge in [0.05, 0.1) is 7.11 Å². The van der Waals surface area contributed by atoms with Crippen molar-refractivity contribution in [2.24, 2.45) is 0 Å². The number of benzene rings is 1. The van der Waals surface area contributed by atoms with E-state index in [1.165, 1.54) is 12.8 Å². The van der Waals surface area contributed by atoms with E-state index in [0.29, 0.717) is 12.3 Å². The van der Waals surface area contributed by atoms with E-state index in [0.717, 1.165) is 37.0 Å². The van der Waals surface area contributed by atoms with Crippen LogP contribution in [0.2, 0.25) is 0 Å². The summed E-state index contributed by atoms with van der Waals surface area (Å²) < 4.78 is 5.16. The van der Waals surface area contributed by atoms with Gasteiger partial charge in [0, 0.05) is 31.2 Å². The molecule has 4 heteroatoms. The van der Waals surface area contributed by atoms with Crippen molar-refractivity contribution in [2.45, 2.75) is 32.4 Å². The minimum absolute atomic E-state index is 0.322. The lowest BCUT2D eigenvalue weighted by Crippen LogP contribution is -2.33. The SMILES string of the molecule is CCN(CCNCc1cc(OC)ccc1O)C1CC1. The summed E-state index contributed by atoms with van der Waals surface area (Å²) in [6, 6.07) is 6.14. The van der Waals surface area contributed by atoms with Crippen molar-refractivity contribution < 1.29 is 9.84 Å². The summed E-state index contributed by atoms with van der Waals surface area (Å²) in [6.07, 6.45) is 2.70. The van der Waals surface area contributed by atoms with E-state index < -0.39 is 0 Å². The predicted octanol–water partition coefficient (Wildman–Crippen LogP) is 1.97. The first kappa shape index (κ1) is 14.2. The molecular weight excluding hydrogens is 240 g/mol. The maximum Gasteiger partial charge on any atom is 0.120 e. The molecule has 0 spiro atoms. The molecule has 0 aromatic heterocycles. The molecule has 0 heterocycles. The van der Waals surface area contributed by atoms with E-state index in [1.54, 1.807) is 19.2 Å². The molecule has 0 radical (unpaired) electrons. The van der Waals surface area contributed by atoms with Crippen molar-refractivity contribution in [1.29, 1.82) is 0 Å². The Balaban J connectivity index is 1.75. The Hall–Kier alpha value is -1.26. The molecule has 2 N–H and O–H groups in total. The van der Waals surface area contributed by atoms with Gasteiger partial charge in [-0.2, -0.15) is 0 Å². The number of nitrogens with one attached hydrogen (secondary N) is 1. The number of likely N-dealkylation sites (N-methyl/N-ethyl adjacent to an activating group) is 1. The summed E-state index contributed by atoms with van der Waals surface area (Å²) in [7, 11) is 1.64. The molecule has 0 aliphatic heterocycles. The van der Waals surface area contributed by atoms with Crippen molar-refractivity contribution in [3.63, 3.8) is 0 Å². The van der Waals surface area contributed by atoms with Crippen LogP contribution >= 0.6 is 0 Å². The number of rotatable bonds is 8. The van der Waals surface area contributed by atoms with Crippen LogP contribution in [0.1, 0.15) is 25.3 Å². The highest BCUT2D eigenvalue weighted by Crippen LogP contribution is 2.26. The summed E-state index contributed by atoms with van der Waals surface area (Å²) in [6.45, 7) is 6.03. The summed E-state index contributed by atoms with van der Waals surface area (Å²) in [5.41, 5.74) is 0.883. The summed E-state index contributed by atoms with van der Waals surface area (Å²) >= 11 is 0. The smallest absolute Gasteiger partial charge is 0.120 e. The maximum atomic E-state index is 9.78. The van der Waals surface area contributed by atoms with Crippen LogP contribution in [0.15, 0.2) is 18.2 Å². The minimum atomic E-state index is 0.322. The molecule has 1 aliphatic carbocycles. The Labute approximate surface area is 115 Å². The molecule has 0 unspecified atom stereocenters. The molecule has 1 aromatic rings. The van der Waals surface area contributed by atoms with Crippen LogP contribution in [0.3, 0.4) is 0 Å². The molecule has 0 bridgehead atoms. The highest BCUT2D eigenvalue weighted by molar-refractivity contribution is 5.39. The standard InChI is InChI=1S/C15H24N2O2/c1-3-17(13-4-5-13)9-8-16-11-12-10-14(19-2)6-7-15(12)18/h6-7,10,13,16,18H,3-5,8-9,11H2,1-2H3. The molecule has 2 rings (SSSR count). The number of methoxy groups -OCH3 is 1. The predicted molar refractivity (Wildman–Crippen MR) is 76.6 cm³/mol. The fourth-order valence-corrected chi connectivity index (χ4v) is 2.31. The van der Waals surface area contributed by atoms with E-state index in [2.05, 4.69) is 17.1 Å². The third-order valence-electron chi connectivity index (χ3n) is 3.65. The molecule has 0 amide bonds. The Kier molecular flexibility index (Phi) is 5.05. The van der Waals surface area contributed by atoms with Crippen LogP contribution in [-0.2, 0) is 6.54 Å². The van der Waals surface area contributed by atoms with Crippen LogP contribution in [-0.4, -0.2) is 42.8 Å². The van der Waals surface area contributed by atoms with Crippen molar-refractivity contribution >= 4 is 0 Å². The first-order valence-corrected chi connectivity index (χ1v) is 7.05. The molecule has 0 saturated heterocycles. The Morgan fingerprint density at radius 1 is 1.42 bits per heavy atom.